The van der Waals surface area contributed by atoms with Gasteiger partial charge in [0, 0.05) is 13.1 Å². The van der Waals surface area contributed by atoms with E-state index in [1.807, 2.05) is 0 Å². The number of benzene rings is 1. The van der Waals surface area contributed by atoms with E-state index in [1.165, 1.54) is 0 Å². The van der Waals surface area contributed by atoms with Crippen LogP contribution < -0.4 is 0 Å². The molecular weight excluding hydrogens is 321 g/mol. The average molecular weight is 331 g/mol. The van der Waals surface area contributed by atoms with Gasteiger partial charge in [0.25, 0.3) is 0 Å². The molecule has 4 nitrogen and oxygen atoms in total. The standard InChI is InChI=1S/C11H10F5NO3S/c1-2-3-17(4-5-18)21(19,20)11-9(15)7(13)6(12)8(14)10(11)16/h2,18H,1,3-5H2. The molecule has 0 heterocycles. The summed E-state index contributed by atoms with van der Waals surface area (Å²) in [6.07, 6.45) is 1.03. The molecule has 0 atom stereocenters. The second-order valence-electron chi connectivity index (χ2n) is 3.77. The lowest BCUT2D eigenvalue weighted by atomic mass is 10.3. The Bertz CT molecular complexity index is 633. The first-order chi connectivity index (χ1) is 9.69. The van der Waals surface area contributed by atoms with Gasteiger partial charge in [0.2, 0.25) is 15.8 Å². The molecule has 0 radical (unpaired) electrons. The van der Waals surface area contributed by atoms with E-state index in [0.717, 1.165) is 6.08 Å². The predicted octanol–water partition coefficient (Wildman–Crippen LogP) is 1.55. The normalized spacial score (nSPS) is 12.0. The summed E-state index contributed by atoms with van der Waals surface area (Å²) in [7, 11) is -5.04. The van der Waals surface area contributed by atoms with Gasteiger partial charge < -0.3 is 5.11 Å². The highest BCUT2D eigenvalue weighted by molar-refractivity contribution is 7.89. The first-order valence-electron chi connectivity index (χ1n) is 5.43. The number of hydrogen-bond acceptors (Lipinski definition) is 3. The first-order valence-corrected chi connectivity index (χ1v) is 6.87. The molecule has 0 spiro atoms. The Morgan fingerprint density at radius 2 is 1.43 bits per heavy atom. The lowest BCUT2D eigenvalue weighted by Crippen LogP contribution is -2.35. The molecule has 21 heavy (non-hydrogen) atoms. The molecule has 1 rings (SSSR count). The van der Waals surface area contributed by atoms with Gasteiger partial charge in [0.1, 0.15) is 0 Å². The molecule has 0 unspecified atom stereocenters. The van der Waals surface area contributed by atoms with Gasteiger partial charge >= 0.3 is 0 Å². The van der Waals surface area contributed by atoms with Crippen molar-refractivity contribution >= 4 is 10.0 Å². The summed E-state index contributed by atoms with van der Waals surface area (Å²) < 4.78 is 90.4. The van der Waals surface area contributed by atoms with Gasteiger partial charge in [-0.3, -0.25) is 0 Å². The summed E-state index contributed by atoms with van der Waals surface area (Å²) in [5.74, 6) is -12.1. The maximum absolute atomic E-state index is 13.5. The zero-order valence-corrected chi connectivity index (χ0v) is 11.2. The molecule has 1 aromatic rings. The highest BCUT2D eigenvalue weighted by atomic mass is 32.2. The maximum Gasteiger partial charge on any atom is 0.249 e. The van der Waals surface area contributed by atoms with Crippen molar-refractivity contribution in [3.8, 4) is 0 Å². The second kappa shape index (κ2) is 6.50. The van der Waals surface area contributed by atoms with Crippen LogP contribution in [0, 0.1) is 29.1 Å². The van der Waals surface area contributed by atoms with Crippen molar-refractivity contribution in [2.24, 2.45) is 0 Å². The second-order valence-corrected chi connectivity index (χ2v) is 5.65. The monoisotopic (exact) mass is 331 g/mol. The van der Waals surface area contributed by atoms with Gasteiger partial charge in [-0.2, -0.15) is 4.31 Å². The molecule has 0 aliphatic carbocycles. The van der Waals surface area contributed by atoms with E-state index < -0.39 is 63.7 Å². The number of hydrogen-bond donors (Lipinski definition) is 1. The van der Waals surface area contributed by atoms with E-state index in [-0.39, 0.29) is 0 Å². The summed E-state index contributed by atoms with van der Waals surface area (Å²) in [5, 5.41) is 8.73. The first kappa shape index (κ1) is 17.5. The Labute approximate surface area is 117 Å². The fourth-order valence-electron chi connectivity index (χ4n) is 1.51. The minimum absolute atomic E-state index is 0.332. The van der Waals surface area contributed by atoms with Crippen LogP contribution in [-0.2, 0) is 10.0 Å². The lowest BCUT2D eigenvalue weighted by Gasteiger charge is -2.20. The quantitative estimate of drug-likeness (QED) is 0.372. The number of halogens is 5. The van der Waals surface area contributed by atoms with Gasteiger partial charge in [-0.25, -0.2) is 30.4 Å². The predicted molar refractivity (Wildman–Crippen MR) is 62.3 cm³/mol. The number of nitrogens with zero attached hydrogens (tertiary/aromatic N) is 1. The van der Waals surface area contributed by atoms with Crippen LogP contribution in [0.3, 0.4) is 0 Å². The minimum Gasteiger partial charge on any atom is -0.395 e. The maximum atomic E-state index is 13.5. The molecular formula is C11H10F5NO3S. The van der Waals surface area contributed by atoms with Gasteiger partial charge in [0.15, 0.2) is 28.2 Å². The zero-order valence-electron chi connectivity index (χ0n) is 10.4. The molecule has 0 saturated carbocycles. The SMILES string of the molecule is C=CCN(CCO)S(=O)(=O)c1c(F)c(F)c(F)c(F)c1F. The van der Waals surface area contributed by atoms with Crippen LogP contribution >= 0.6 is 0 Å². The smallest absolute Gasteiger partial charge is 0.249 e. The van der Waals surface area contributed by atoms with E-state index in [0.29, 0.717) is 4.31 Å². The van der Waals surface area contributed by atoms with Crippen LogP contribution in [0.2, 0.25) is 0 Å². The summed E-state index contributed by atoms with van der Waals surface area (Å²) in [5.41, 5.74) is 0. The molecule has 0 aliphatic rings. The molecule has 0 aliphatic heterocycles. The zero-order chi connectivity index (χ0) is 16.4. The number of aliphatic hydroxyl groups excluding tert-OH is 1. The molecule has 10 heteroatoms. The van der Waals surface area contributed by atoms with E-state index in [9.17, 15) is 30.4 Å². The fourth-order valence-corrected chi connectivity index (χ4v) is 3.02. The van der Waals surface area contributed by atoms with Crippen LogP contribution in [0.5, 0.6) is 0 Å². The molecule has 0 aromatic heterocycles. The number of sulfonamides is 1. The third kappa shape index (κ3) is 3.06. The van der Waals surface area contributed by atoms with Crippen LogP contribution in [-0.4, -0.2) is 37.5 Å². The lowest BCUT2D eigenvalue weighted by molar-refractivity contribution is 0.259. The van der Waals surface area contributed by atoms with Crippen LogP contribution in [0.4, 0.5) is 22.0 Å². The third-order valence-corrected chi connectivity index (χ3v) is 4.34. The Hall–Kier alpha value is -1.52. The van der Waals surface area contributed by atoms with Crippen LogP contribution in [0.15, 0.2) is 17.6 Å². The largest absolute Gasteiger partial charge is 0.395 e. The molecule has 0 fully saturated rings. The molecule has 0 saturated heterocycles. The van der Waals surface area contributed by atoms with E-state index in [2.05, 4.69) is 6.58 Å². The molecule has 1 N–H and O–H groups in total. The minimum atomic E-state index is -5.04. The van der Waals surface area contributed by atoms with Crippen LogP contribution in [0.25, 0.3) is 0 Å². The van der Waals surface area contributed by atoms with Gasteiger partial charge in [0.05, 0.1) is 6.61 Å². The van der Waals surface area contributed by atoms with E-state index in [4.69, 9.17) is 5.11 Å². The molecule has 0 amide bonds. The number of aliphatic hydroxyl groups is 1. The van der Waals surface area contributed by atoms with E-state index >= 15 is 0 Å². The number of rotatable bonds is 6. The summed E-state index contributed by atoms with van der Waals surface area (Å²) in [6.45, 7) is 1.39. The van der Waals surface area contributed by atoms with Gasteiger partial charge in [-0.1, -0.05) is 6.08 Å². The average Bonchev–Trinajstić information content (AvgIpc) is 2.42. The Morgan fingerprint density at radius 1 is 1.00 bits per heavy atom. The summed E-state index contributed by atoms with van der Waals surface area (Å²) in [4.78, 5) is -1.96. The molecule has 0 bridgehead atoms. The van der Waals surface area contributed by atoms with Crippen molar-refractivity contribution in [1.29, 1.82) is 0 Å². The third-order valence-electron chi connectivity index (χ3n) is 2.45. The van der Waals surface area contributed by atoms with Crippen molar-refractivity contribution in [3.63, 3.8) is 0 Å². The Morgan fingerprint density at radius 3 is 1.81 bits per heavy atom. The van der Waals surface area contributed by atoms with Gasteiger partial charge in [-0.05, 0) is 0 Å². The van der Waals surface area contributed by atoms with Crippen molar-refractivity contribution in [1.82, 2.24) is 4.31 Å². The summed E-state index contributed by atoms with van der Waals surface area (Å²) >= 11 is 0. The topological polar surface area (TPSA) is 57.6 Å². The fraction of sp³-hybridized carbons (Fsp3) is 0.273. The van der Waals surface area contributed by atoms with Crippen molar-refractivity contribution < 1.29 is 35.5 Å². The molecule has 1 aromatic carbocycles. The van der Waals surface area contributed by atoms with Crippen molar-refractivity contribution in [3.05, 3.63) is 41.7 Å². The van der Waals surface area contributed by atoms with E-state index in [1.54, 1.807) is 0 Å². The van der Waals surface area contributed by atoms with Crippen molar-refractivity contribution in [2.45, 2.75) is 4.90 Å². The highest BCUT2D eigenvalue weighted by Crippen LogP contribution is 2.28. The Balaban J connectivity index is 3.61. The summed E-state index contributed by atoms with van der Waals surface area (Å²) in [6, 6.07) is 0. The highest BCUT2D eigenvalue weighted by Gasteiger charge is 2.36. The van der Waals surface area contributed by atoms with Crippen LogP contribution in [0.1, 0.15) is 0 Å². The Kier molecular flexibility index (Phi) is 5.42. The van der Waals surface area contributed by atoms with Gasteiger partial charge in [-0.15, -0.1) is 6.58 Å². The molecule has 118 valence electrons. The van der Waals surface area contributed by atoms with Crippen molar-refractivity contribution in [2.75, 3.05) is 19.7 Å².